The van der Waals surface area contributed by atoms with Gasteiger partial charge >= 0.3 is 0 Å². The zero-order valence-electron chi connectivity index (χ0n) is 13.4. The molecule has 0 aliphatic carbocycles. The lowest BCUT2D eigenvalue weighted by atomic mass is 10.1. The maximum absolute atomic E-state index is 5.53. The van der Waals surface area contributed by atoms with Crippen molar-refractivity contribution in [1.29, 1.82) is 0 Å². The average molecular weight is 391 g/mol. The van der Waals surface area contributed by atoms with E-state index in [1.165, 1.54) is 0 Å². The first-order valence-corrected chi connectivity index (χ1v) is 8.25. The van der Waals surface area contributed by atoms with Crippen molar-refractivity contribution in [1.82, 2.24) is 9.97 Å². The molecule has 0 unspecified atom stereocenters. The first kappa shape index (κ1) is 17.6. The Labute approximate surface area is 136 Å². The highest BCUT2D eigenvalue weighted by molar-refractivity contribution is 14.1. The summed E-state index contributed by atoms with van der Waals surface area (Å²) in [7, 11) is 1.70. The Balaban J connectivity index is 3.25. The second-order valence-electron chi connectivity index (χ2n) is 5.90. The topological polar surface area (TPSA) is 47.0 Å². The van der Waals surface area contributed by atoms with E-state index in [0.29, 0.717) is 5.92 Å². The van der Waals surface area contributed by atoms with E-state index in [1.807, 2.05) is 13.8 Å². The molecule has 0 aliphatic heterocycles. The molecule has 0 fully saturated rings. The van der Waals surface area contributed by atoms with Gasteiger partial charge in [-0.05, 0) is 55.2 Å². The molecule has 5 heteroatoms. The van der Waals surface area contributed by atoms with Gasteiger partial charge in [0.2, 0.25) is 0 Å². The standard InChI is InChI=1S/C15H26IN3O/c1-7-8-17-13-12(16)11(9-10(2)3)18-14(19-13)15(4,5)20-6/h10H,7-9H2,1-6H3,(H,17,18,19). The molecule has 20 heavy (non-hydrogen) atoms. The van der Waals surface area contributed by atoms with Crippen LogP contribution in [0.4, 0.5) is 5.82 Å². The summed E-state index contributed by atoms with van der Waals surface area (Å²) in [4.78, 5) is 9.41. The van der Waals surface area contributed by atoms with Gasteiger partial charge in [-0.1, -0.05) is 20.8 Å². The summed E-state index contributed by atoms with van der Waals surface area (Å²) >= 11 is 2.34. The molecule has 0 amide bonds. The van der Waals surface area contributed by atoms with Crippen molar-refractivity contribution in [3.8, 4) is 0 Å². The minimum atomic E-state index is -0.473. The molecular formula is C15H26IN3O. The van der Waals surface area contributed by atoms with Gasteiger partial charge < -0.3 is 10.1 Å². The molecule has 1 aromatic heterocycles. The minimum Gasteiger partial charge on any atom is -0.371 e. The quantitative estimate of drug-likeness (QED) is 0.715. The summed E-state index contributed by atoms with van der Waals surface area (Å²) in [5.74, 6) is 2.24. The number of halogens is 1. The van der Waals surface area contributed by atoms with Gasteiger partial charge in [0.1, 0.15) is 11.4 Å². The Morgan fingerprint density at radius 2 is 1.95 bits per heavy atom. The highest BCUT2D eigenvalue weighted by Gasteiger charge is 2.26. The SMILES string of the molecule is CCCNc1nc(C(C)(C)OC)nc(CC(C)C)c1I. The number of nitrogens with one attached hydrogen (secondary N) is 1. The predicted molar refractivity (Wildman–Crippen MR) is 92.1 cm³/mol. The fourth-order valence-electron chi connectivity index (χ4n) is 1.74. The van der Waals surface area contributed by atoms with Gasteiger partial charge in [0.15, 0.2) is 5.82 Å². The van der Waals surface area contributed by atoms with Crippen molar-refractivity contribution in [2.45, 2.75) is 53.1 Å². The fraction of sp³-hybridized carbons (Fsp3) is 0.733. The van der Waals surface area contributed by atoms with E-state index < -0.39 is 5.60 Å². The lowest BCUT2D eigenvalue weighted by molar-refractivity contribution is 0.0113. The third kappa shape index (κ3) is 4.55. The molecule has 0 aromatic carbocycles. The lowest BCUT2D eigenvalue weighted by Gasteiger charge is -2.23. The van der Waals surface area contributed by atoms with Gasteiger partial charge in [-0.15, -0.1) is 0 Å². The van der Waals surface area contributed by atoms with Gasteiger partial charge in [0, 0.05) is 13.7 Å². The van der Waals surface area contributed by atoms with Crippen LogP contribution < -0.4 is 5.32 Å². The number of aromatic nitrogens is 2. The lowest BCUT2D eigenvalue weighted by Crippen LogP contribution is -2.25. The van der Waals surface area contributed by atoms with Crippen LogP contribution in [0, 0.1) is 9.49 Å². The molecule has 0 spiro atoms. The summed E-state index contributed by atoms with van der Waals surface area (Å²) in [6, 6.07) is 0. The van der Waals surface area contributed by atoms with E-state index in [-0.39, 0.29) is 0 Å². The third-order valence-corrected chi connectivity index (χ3v) is 4.25. The Kier molecular flexibility index (Phi) is 6.64. The van der Waals surface area contributed by atoms with E-state index in [9.17, 15) is 0 Å². The van der Waals surface area contributed by atoms with E-state index in [1.54, 1.807) is 7.11 Å². The van der Waals surface area contributed by atoms with Gasteiger partial charge in [0.25, 0.3) is 0 Å². The largest absolute Gasteiger partial charge is 0.371 e. The summed E-state index contributed by atoms with van der Waals surface area (Å²) in [5, 5.41) is 3.40. The van der Waals surface area contributed by atoms with E-state index in [4.69, 9.17) is 9.72 Å². The third-order valence-electron chi connectivity index (χ3n) is 3.11. The molecule has 0 bridgehead atoms. The molecule has 1 aromatic rings. The molecule has 1 rings (SSSR count). The highest BCUT2D eigenvalue weighted by Crippen LogP contribution is 2.27. The van der Waals surface area contributed by atoms with E-state index in [2.05, 4.69) is 53.7 Å². The number of hydrogen-bond donors (Lipinski definition) is 1. The van der Waals surface area contributed by atoms with Gasteiger partial charge in [-0.3, -0.25) is 0 Å². The van der Waals surface area contributed by atoms with E-state index in [0.717, 1.165) is 40.3 Å². The number of methoxy groups -OCH3 is 1. The van der Waals surface area contributed by atoms with Gasteiger partial charge in [-0.2, -0.15) is 0 Å². The van der Waals surface area contributed by atoms with Gasteiger partial charge in [-0.25, -0.2) is 9.97 Å². The molecule has 0 aliphatic rings. The van der Waals surface area contributed by atoms with Crippen molar-refractivity contribution >= 4 is 28.4 Å². The zero-order valence-corrected chi connectivity index (χ0v) is 15.5. The number of hydrogen-bond acceptors (Lipinski definition) is 4. The van der Waals surface area contributed by atoms with Crippen LogP contribution in [0.15, 0.2) is 0 Å². The van der Waals surface area contributed by atoms with Crippen LogP contribution in [0.3, 0.4) is 0 Å². The van der Waals surface area contributed by atoms with Crippen molar-refractivity contribution in [2.75, 3.05) is 19.0 Å². The molecule has 1 N–H and O–H groups in total. The molecule has 0 saturated carbocycles. The minimum absolute atomic E-state index is 0.473. The van der Waals surface area contributed by atoms with Crippen LogP contribution in [0.5, 0.6) is 0 Å². The van der Waals surface area contributed by atoms with Crippen LogP contribution in [0.1, 0.15) is 52.6 Å². The monoisotopic (exact) mass is 391 g/mol. The molecule has 4 nitrogen and oxygen atoms in total. The molecule has 0 atom stereocenters. The predicted octanol–water partition coefficient (Wildman–Crippen LogP) is 3.98. The Morgan fingerprint density at radius 3 is 2.45 bits per heavy atom. The Morgan fingerprint density at radius 1 is 1.30 bits per heavy atom. The Hall–Kier alpha value is -0.430. The van der Waals surface area contributed by atoms with Crippen molar-refractivity contribution < 1.29 is 4.74 Å². The molecular weight excluding hydrogens is 365 g/mol. The summed E-state index contributed by atoms with van der Waals surface area (Å²) < 4.78 is 6.65. The first-order chi connectivity index (χ1) is 9.31. The van der Waals surface area contributed by atoms with Crippen LogP contribution in [0.2, 0.25) is 0 Å². The van der Waals surface area contributed by atoms with Gasteiger partial charge in [0.05, 0.1) is 9.26 Å². The number of nitrogens with zero attached hydrogens (tertiary/aromatic N) is 2. The maximum atomic E-state index is 5.53. The van der Waals surface area contributed by atoms with Crippen LogP contribution in [0.25, 0.3) is 0 Å². The van der Waals surface area contributed by atoms with Crippen LogP contribution in [-0.2, 0) is 16.8 Å². The highest BCUT2D eigenvalue weighted by atomic mass is 127. The van der Waals surface area contributed by atoms with Crippen LogP contribution in [-0.4, -0.2) is 23.6 Å². The van der Waals surface area contributed by atoms with E-state index >= 15 is 0 Å². The summed E-state index contributed by atoms with van der Waals surface area (Å²) in [5.41, 5.74) is 0.632. The number of anilines is 1. The Bertz CT molecular complexity index is 447. The van der Waals surface area contributed by atoms with Crippen molar-refractivity contribution in [3.05, 3.63) is 15.1 Å². The average Bonchev–Trinajstić information content (AvgIpc) is 2.39. The second kappa shape index (κ2) is 7.54. The molecule has 1 heterocycles. The summed E-state index contributed by atoms with van der Waals surface area (Å²) in [6.45, 7) is 11.5. The molecule has 114 valence electrons. The number of rotatable bonds is 7. The second-order valence-corrected chi connectivity index (χ2v) is 6.97. The number of ether oxygens (including phenoxy) is 1. The van der Waals surface area contributed by atoms with Crippen molar-refractivity contribution in [3.63, 3.8) is 0 Å². The normalized spacial score (nSPS) is 12.0. The molecule has 0 saturated heterocycles. The first-order valence-electron chi connectivity index (χ1n) is 7.17. The van der Waals surface area contributed by atoms with Crippen LogP contribution >= 0.6 is 22.6 Å². The maximum Gasteiger partial charge on any atom is 0.162 e. The summed E-state index contributed by atoms with van der Waals surface area (Å²) in [6.07, 6.45) is 2.02. The zero-order chi connectivity index (χ0) is 15.3. The smallest absolute Gasteiger partial charge is 0.162 e. The van der Waals surface area contributed by atoms with Crippen molar-refractivity contribution in [2.24, 2.45) is 5.92 Å². The molecule has 0 radical (unpaired) electrons. The fourth-order valence-corrected chi connectivity index (χ4v) is 2.39.